The van der Waals surface area contributed by atoms with Crippen molar-refractivity contribution in [2.75, 3.05) is 54.1 Å². The molecule has 0 rings (SSSR count). The number of likely N-dealkylation sites (N-methyl/N-ethyl adjacent to an activating group) is 1. The topological polar surface area (TPSA) is 91.3 Å². The lowest BCUT2D eigenvalue weighted by atomic mass is 10.1. The molecule has 0 radical (unpaired) electrons. The van der Waals surface area contributed by atoms with Gasteiger partial charge in [-0.3, -0.25) is 13.8 Å². The summed E-state index contributed by atoms with van der Waals surface area (Å²) >= 11 is 0. The predicted octanol–water partition coefficient (Wildman–Crippen LogP) is 9.93. The van der Waals surface area contributed by atoms with Crippen LogP contribution in [0.4, 0.5) is 0 Å². The maximum Gasteiger partial charge on any atom is 0.472 e. The number of quaternary nitrogens is 1. The molecule has 8 nitrogen and oxygen atoms in total. The number of allylic oxidation sites excluding steroid dienone is 2. The Morgan fingerprint density at radius 1 is 0.667 bits per heavy atom. The first-order chi connectivity index (χ1) is 21.6. The first-order valence-electron chi connectivity index (χ1n) is 18.4. The van der Waals surface area contributed by atoms with Crippen molar-refractivity contribution < 1.29 is 37.3 Å². The summed E-state index contributed by atoms with van der Waals surface area (Å²) in [5.41, 5.74) is 0. The molecule has 0 heterocycles. The largest absolute Gasteiger partial charge is 0.472 e. The van der Waals surface area contributed by atoms with Crippen molar-refractivity contribution in [1.82, 2.24) is 0 Å². The van der Waals surface area contributed by atoms with Gasteiger partial charge < -0.3 is 18.9 Å². The number of hydrogen-bond donors (Lipinski definition) is 1. The third-order valence-corrected chi connectivity index (χ3v) is 8.78. The summed E-state index contributed by atoms with van der Waals surface area (Å²) in [4.78, 5) is 22.0. The summed E-state index contributed by atoms with van der Waals surface area (Å²) in [6.07, 6.45) is 31.1. The zero-order valence-electron chi connectivity index (χ0n) is 30.1. The fourth-order valence-corrected chi connectivity index (χ4v) is 5.68. The maximum atomic E-state index is 12.2. The molecule has 0 amide bonds. The van der Waals surface area contributed by atoms with Crippen molar-refractivity contribution in [2.45, 2.75) is 161 Å². The second kappa shape index (κ2) is 30.6. The molecule has 2 atom stereocenters. The smallest absolute Gasteiger partial charge is 0.457 e. The van der Waals surface area contributed by atoms with Crippen LogP contribution in [0.15, 0.2) is 12.2 Å². The Labute approximate surface area is 278 Å². The minimum atomic E-state index is -4.23. The van der Waals surface area contributed by atoms with Gasteiger partial charge >= 0.3 is 13.8 Å². The van der Waals surface area contributed by atoms with E-state index in [1.165, 1.54) is 116 Å². The molecule has 0 bridgehead atoms. The normalized spacial score (nSPS) is 14.2. The van der Waals surface area contributed by atoms with E-state index in [9.17, 15) is 14.3 Å². The molecular formula is C36H73NO7P+. The number of nitrogens with zero attached hydrogens (tertiary/aromatic N) is 1. The summed E-state index contributed by atoms with van der Waals surface area (Å²) in [6, 6.07) is 0. The molecule has 1 N–H and O–H groups in total. The molecule has 0 aliphatic carbocycles. The SMILES string of the molecule is CCCCCCCCCC/C=C\CCCCCCCCCCCCOCC(COP(=O)(O)OCC[N+](C)(C)C)OC(=O)CCC. The van der Waals surface area contributed by atoms with Crippen LogP contribution in [0.25, 0.3) is 0 Å². The molecule has 2 unspecified atom stereocenters. The Kier molecular flexibility index (Phi) is 30.0. The van der Waals surface area contributed by atoms with Gasteiger partial charge in [-0.25, -0.2) is 4.57 Å². The molecule has 45 heavy (non-hydrogen) atoms. The fraction of sp³-hybridized carbons (Fsp3) is 0.917. The first kappa shape index (κ1) is 44.2. The fourth-order valence-electron chi connectivity index (χ4n) is 4.94. The van der Waals surface area contributed by atoms with E-state index in [1.54, 1.807) is 0 Å². The Bertz CT molecular complexity index is 741. The van der Waals surface area contributed by atoms with Crippen molar-refractivity contribution in [3.63, 3.8) is 0 Å². The summed E-state index contributed by atoms with van der Waals surface area (Å²) in [7, 11) is 1.66. The molecule has 0 aromatic rings. The van der Waals surface area contributed by atoms with Gasteiger partial charge in [-0.2, -0.15) is 0 Å². The summed E-state index contributed by atoms with van der Waals surface area (Å²) in [5.74, 6) is -0.366. The number of unbranched alkanes of at least 4 members (excludes halogenated alkanes) is 18. The van der Waals surface area contributed by atoms with E-state index < -0.39 is 13.9 Å². The maximum absolute atomic E-state index is 12.2. The Morgan fingerprint density at radius 2 is 1.16 bits per heavy atom. The highest BCUT2D eigenvalue weighted by Crippen LogP contribution is 2.43. The summed E-state index contributed by atoms with van der Waals surface area (Å²) in [6.45, 7) is 5.26. The predicted molar refractivity (Wildman–Crippen MR) is 187 cm³/mol. The first-order valence-corrected chi connectivity index (χ1v) is 19.9. The zero-order valence-corrected chi connectivity index (χ0v) is 31.0. The molecule has 268 valence electrons. The molecule has 0 saturated heterocycles. The Balaban J connectivity index is 3.75. The number of esters is 1. The van der Waals surface area contributed by atoms with Crippen LogP contribution in [-0.4, -0.2) is 75.6 Å². The average Bonchev–Trinajstić information content (AvgIpc) is 2.97. The number of ether oxygens (including phenoxy) is 2. The van der Waals surface area contributed by atoms with Gasteiger partial charge in [-0.1, -0.05) is 122 Å². The van der Waals surface area contributed by atoms with Gasteiger partial charge in [0.15, 0.2) is 0 Å². The minimum absolute atomic E-state index is 0.0887. The van der Waals surface area contributed by atoms with Gasteiger partial charge in [-0.05, 0) is 38.5 Å². The minimum Gasteiger partial charge on any atom is -0.457 e. The molecule has 0 aliphatic rings. The molecule has 0 fully saturated rings. The van der Waals surface area contributed by atoms with Crippen LogP contribution in [0.1, 0.15) is 155 Å². The van der Waals surface area contributed by atoms with E-state index in [-0.39, 0.29) is 32.2 Å². The van der Waals surface area contributed by atoms with E-state index >= 15 is 0 Å². The van der Waals surface area contributed by atoms with Crippen molar-refractivity contribution >= 4 is 13.8 Å². The van der Waals surface area contributed by atoms with E-state index in [0.29, 0.717) is 24.1 Å². The number of hydrogen-bond acceptors (Lipinski definition) is 6. The highest BCUT2D eigenvalue weighted by molar-refractivity contribution is 7.47. The van der Waals surface area contributed by atoms with Gasteiger partial charge in [0.05, 0.1) is 34.4 Å². The molecule has 0 saturated carbocycles. The number of carbonyl (C=O) groups is 1. The van der Waals surface area contributed by atoms with Crippen molar-refractivity contribution in [3.8, 4) is 0 Å². The van der Waals surface area contributed by atoms with Crippen molar-refractivity contribution in [3.05, 3.63) is 12.2 Å². The second-order valence-electron chi connectivity index (χ2n) is 13.6. The molecule has 0 aliphatic heterocycles. The second-order valence-corrected chi connectivity index (χ2v) is 15.1. The zero-order chi connectivity index (χ0) is 33.5. The van der Waals surface area contributed by atoms with Gasteiger partial charge in [0.2, 0.25) is 0 Å². The van der Waals surface area contributed by atoms with Crippen LogP contribution in [0.5, 0.6) is 0 Å². The van der Waals surface area contributed by atoms with Crippen LogP contribution < -0.4 is 0 Å². The van der Waals surface area contributed by atoms with Crippen molar-refractivity contribution in [1.29, 1.82) is 0 Å². The van der Waals surface area contributed by atoms with Crippen LogP contribution in [-0.2, 0) is 27.9 Å². The van der Waals surface area contributed by atoms with Crippen LogP contribution in [0, 0.1) is 0 Å². The average molecular weight is 663 g/mol. The lowest BCUT2D eigenvalue weighted by Gasteiger charge is -2.24. The van der Waals surface area contributed by atoms with Crippen molar-refractivity contribution in [2.24, 2.45) is 0 Å². The van der Waals surface area contributed by atoms with E-state index in [2.05, 4.69) is 19.1 Å². The van der Waals surface area contributed by atoms with Gasteiger partial charge in [0, 0.05) is 13.0 Å². The summed E-state index contributed by atoms with van der Waals surface area (Å²) < 4.78 is 34.1. The highest BCUT2D eigenvalue weighted by Gasteiger charge is 2.26. The van der Waals surface area contributed by atoms with Gasteiger partial charge in [0.1, 0.15) is 19.3 Å². The highest BCUT2D eigenvalue weighted by atomic mass is 31.2. The molecular weight excluding hydrogens is 589 g/mol. The standard InChI is InChI=1S/C36H72NO7P/c1-6-8-9-10-11-12-13-14-15-16-17-18-19-20-21-22-23-24-25-26-27-28-31-41-33-35(44-36(38)29-7-2)34-43-45(39,40)42-32-30-37(3,4)5/h16-17,35H,6-15,18-34H2,1-5H3/p+1/b17-16-. The van der Waals surface area contributed by atoms with Crippen LogP contribution in [0.3, 0.4) is 0 Å². The third kappa shape index (κ3) is 34.4. The molecule has 9 heteroatoms. The summed E-state index contributed by atoms with van der Waals surface area (Å²) in [5, 5.41) is 0. The van der Waals surface area contributed by atoms with E-state index in [0.717, 1.165) is 12.8 Å². The molecule has 0 aromatic carbocycles. The van der Waals surface area contributed by atoms with E-state index in [4.69, 9.17) is 18.5 Å². The Hall–Kier alpha value is -0.760. The molecule has 0 aromatic heterocycles. The number of carbonyl (C=O) groups excluding carboxylic acids is 1. The number of phosphoric ester groups is 1. The number of phosphoric acid groups is 1. The van der Waals surface area contributed by atoms with Gasteiger partial charge in [0.25, 0.3) is 0 Å². The van der Waals surface area contributed by atoms with E-state index in [1.807, 2.05) is 28.1 Å². The lowest BCUT2D eigenvalue weighted by molar-refractivity contribution is -0.870. The van der Waals surface area contributed by atoms with Crippen LogP contribution >= 0.6 is 7.82 Å². The molecule has 0 spiro atoms. The monoisotopic (exact) mass is 663 g/mol. The lowest BCUT2D eigenvalue weighted by Crippen LogP contribution is -2.37. The van der Waals surface area contributed by atoms with Crippen LogP contribution in [0.2, 0.25) is 0 Å². The quantitative estimate of drug-likeness (QED) is 0.0241. The van der Waals surface area contributed by atoms with Gasteiger partial charge in [-0.15, -0.1) is 0 Å². The Morgan fingerprint density at radius 3 is 1.64 bits per heavy atom. The number of rotatable bonds is 34. The third-order valence-electron chi connectivity index (χ3n) is 7.80.